The van der Waals surface area contributed by atoms with Crippen molar-refractivity contribution in [3.63, 3.8) is 0 Å². The summed E-state index contributed by atoms with van der Waals surface area (Å²) in [6.45, 7) is 3.66. The van der Waals surface area contributed by atoms with Gasteiger partial charge in [-0.1, -0.05) is 0 Å². The minimum atomic E-state index is -3.48. The molecule has 2 heterocycles. The maximum atomic E-state index is 12.3. The average Bonchev–Trinajstić information content (AvgIpc) is 2.82. The topological polar surface area (TPSA) is 87.7 Å². The largest absolute Gasteiger partial charge is 0.378 e. The van der Waals surface area contributed by atoms with Gasteiger partial charge in [0, 0.05) is 25.2 Å². The number of amides is 1. The van der Waals surface area contributed by atoms with Crippen molar-refractivity contribution in [3.8, 4) is 0 Å². The molecule has 1 amide bonds. The second kappa shape index (κ2) is 9.33. The van der Waals surface area contributed by atoms with Crippen LogP contribution in [0, 0.1) is 0 Å². The van der Waals surface area contributed by atoms with Crippen molar-refractivity contribution in [2.75, 3.05) is 26.0 Å². The molecule has 2 fully saturated rings. The molecule has 0 radical (unpaired) electrons. The van der Waals surface area contributed by atoms with E-state index in [1.54, 1.807) is 11.9 Å². The molecule has 2 saturated heterocycles. The van der Waals surface area contributed by atoms with Gasteiger partial charge in [-0.25, -0.2) is 13.1 Å². The third-order valence-electron chi connectivity index (χ3n) is 4.64. The summed E-state index contributed by atoms with van der Waals surface area (Å²) in [5.41, 5.74) is 0. The molecule has 142 valence electrons. The molecule has 0 saturated carbocycles. The minimum Gasteiger partial charge on any atom is -0.378 e. The van der Waals surface area contributed by atoms with E-state index in [2.05, 4.69) is 10.0 Å². The lowest BCUT2D eigenvalue weighted by atomic mass is 9.98. The summed E-state index contributed by atoms with van der Waals surface area (Å²) in [7, 11) is -1.71. The van der Waals surface area contributed by atoms with Crippen molar-refractivity contribution in [1.29, 1.82) is 0 Å². The Morgan fingerprint density at radius 3 is 2.42 bits per heavy atom. The number of fused-ring (bicyclic) bond motifs is 2. The van der Waals surface area contributed by atoms with Gasteiger partial charge in [-0.15, -0.1) is 12.4 Å². The first-order valence-electron chi connectivity index (χ1n) is 8.37. The zero-order valence-corrected chi connectivity index (χ0v) is 16.3. The fourth-order valence-corrected chi connectivity index (χ4v) is 4.11. The van der Waals surface area contributed by atoms with E-state index in [0.29, 0.717) is 12.1 Å². The predicted octanol–water partition coefficient (Wildman–Crippen LogP) is 0.494. The standard InChI is InChI=1S/C15H29N3O4S.ClH/c1-11(2)22-6-7-23(20,21)16-10-15(19)18(3)14-8-12-4-5-13(9-14)17-12;/h11-14,16-17H,4-10H2,1-3H3;1H. The monoisotopic (exact) mass is 383 g/mol. The highest BCUT2D eigenvalue weighted by atomic mass is 35.5. The molecule has 2 aliphatic heterocycles. The van der Waals surface area contributed by atoms with E-state index in [0.717, 1.165) is 12.8 Å². The number of carbonyl (C=O) groups excluding carboxylic acids is 1. The molecular formula is C15H30ClN3O4S. The first-order chi connectivity index (χ1) is 10.8. The normalized spacial score (nSPS) is 26.2. The molecule has 0 aliphatic carbocycles. The third-order valence-corrected chi connectivity index (χ3v) is 5.92. The van der Waals surface area contributed by atoms with Crippen LogP contribution >= 0.6 is 12.4 Å². The van der Waals surface area contributed by atoms with E-state index in [1.807, 2.05) is 13.8 Å². The van der Waals surface area contributed by atoms with Crippen LogP contribution in [0.5, 0.6) is 0 Å². The van der Waals surface area contributed by atoms with Crippen molar-refractivity contribution in [2.24, 2.45) is 0 Å². The highest BCUT2D eigenvalue weighted by Crippen LogP contribution is 2.29. The van der Waals surface area contributed by atoms with Crippen molar-refractivity contribution in [1.82, 2.24) is 14.9 Å². The van der Waals surface area contributed by atoms with Gasteiger partial charge in [-0.2, -0.15) is 0 Å². The molecule has 0 aromatic heterocycles. The van der Waals surface area contributed by atoms with Crippen LogP contribution in [-0.2, 0) is 19.6 Å². The zero-order valence-electron chi connectivity index (χ0n) is 14.7. The molecule has 0 aromatic rings. The van der Waals surface area contributed by atoms with Crippen LogP contribution in [0.3, 0.4) is 0 Å². The fourth-order valence-electron chi connectivity index (χ4n) is 3.31. The van der Waals surface area contributed by atoms with Crippen molar-refractivity contribution < 1.29 is 17.9 Å². The number of ether oxygens (including phenoxy) is 1. The van der Waals surface area contributed by atoms with Crippen LogP contribution in [0.25, 0.3) is 0 Å². The van der Waals surface area contributed by atoms with Gasteiger partial charge in [0.1, 0.15) is 0 Å². The Hall–Kier alpha value is -0.410. The van der Waals surface area contributed by atoms with Crippen LogP contribution in [0.4, 0.5) is 0 Å². The highest BCUT2D eigenvalue weighted by Gasteiger charge is 2.36. The minimum absolute atomic E-state index is 0. The van der Waals surface area contributed by atoms with E-state index < -0.39 is 10.0 Å². The number of carbonyl (C=O) groups is 1. The van der Waals surface area contributed by atoms with Gasteiger partial charge in [0.15, 0.2) is 0 Å². The number of nitrogens with one attached hydrogen (secondary N) is 2. The number of piperidine rings is 1. The molecule has 24 heavy (non-hydrogen) atoms. The Morgan fingerprint density at radius 2 is 1.88 bits per heavy atom. The molecule has 0 aromatic carbocycles. The second-order valence-corrected chi connectivity index (χ2v) is 8.75. The Labute approximate surface area is 151 Å². The Kier molecular flexibility index (Phi) is 8.41. The smallest absolute Gasteiger partial charge is 0.237 e. The molecule has 2 unspecified atom stereocenters. The quantitative estimate of drug-likeness (QED) is 0.637. The zero-order chi connectivity index (χ0) is 17.0. The maximum Gasteiger partial charge on any atom is 0.237 e. The Morgan fingerprint density at radius 1 is 1.29 bits per heavy atom. The molecule has 9 heteroatoms. The Bertz CT molecular complexity index is 503. The SMILES string of the molecule is CC(C)OCCS(=O)(=O)NCC(=O)N(C)C1CC2CCC(C1)N2.Cl. The maximum absolute atomic E-state index is 12.3. The van der Waals surface area contributed by atoms with E-state index in [1.165, 1.54) is 12.8 Å². The number of nitrogens with zero attached hydrogens (tertiary/aromatic N) is 1. The molecule has 2 rings (SSSR count). The van der Waals surface area contributed by atoms with Gasteiger partial charge >= 0.3 is 0 Å². The van der Waals surface area contributed by atoms with Crippen LogP contribution < -0.4 is 10.0 Å². The summed E-state index contributed by atoms with van der Waals surface area (Å²) in [6, 6.07) is 1.20. The first-order valence-corrected chi connectivity index (χ1v) is 10.0. The summed E-state index contributed by atoms with van der Waals surface area (Å²) < 4.78 is 31.3. The molecule has 2 N–H and O–H groups in total. The van der Waals surface area contributed by atoms with E-state index in [9.17, 15) is 13.2 Å². The lowest BCUT2D eigenvalue weighted by molar-refractivity contribution is -0.131. The number of hydrogen-bond donors (Lipinski definition) is 2. The third kappa shape index (κ3) is 6.48. The molecule has 7 nitrogen and oxygen atoms in total. The molecule has 2 bridgehead atoms. The lowest BCUT2D eigenvalue weighted by Gasteiger charge is -2.35. The molecule has 2 atom stereocenters. The summed E-state index contributed by atoms with van der Waals surface area (Å²) in [6.07, 6.45) is 4.24. The average molecular weight is 384 g/mol. The number of likely N-dealkylation sites (N-methyl/N-ethyl adjacent to an activating group) is 1. The van der Waals surface area contributed by atoms with E-state index in [4.69, 9.17) is 4.74 Å². The number of rotatable bonds is 8. The highest BCUT2D eigenvalue weighted by molar-refractivity contribution is 7.89. The van der Waals surface area contributed by atoms with Crippen molar-refractivity contribution >= 4 is 28.3 Å². The van der Waals surface area contributed by atoms with Gasteiger partial charge < -0.3 is 15.0 Å². The Balaban J connectivity index is 0.00000288. The van der Waals surface area contributed by atoms with Gasteiger partial charge in [0.2, 0.25) is 15.9 Å². The van der Waals surface area contributed by atoms with Gasteiger partial charge in [0.25, 0.3) is 0 Å². The predicted molar refractivity (Wildman–Crippen MR) is 95.9 cm³/mol. The summed E-state index contributed by atoms with van der Waals surface area (Å²) in [5, 5.41) is 3.54. The number of hydrogen-bond acceptors (Lipinski definition) is 5. The second-order valence-electron chi connectivity index (χ2n) is 6.83. The van der Waals surface area contributed by atoms with Crippen LogP contribution in [0.15, 0.2) is 0 Å². The van der Waals surface area contributed by atoms with Gasteiger partial charge in [0.05, 0.1) is 25.0 Å². The lowest BCUT2D eigenvalue weighted by Crippen LogP contribution is -2.50. The van der Waals surface area contributed by atoms with Crippen LogP contribution in [0.2, 0.25) is 0 Å². The first kappa shape index (κ1) is 21.6. The molecule has 2 aliphatic rings. The fraction of sp³-hybridized carbons (Fsp3) is 0.933. The van der Waals surface area contributed by atoms with E-state index >= 15 is 0 Å². The summed E-state index contributed by atoms with van der Waals surface area (Å²) in [5.74, 6) is -0.302. The number of halogens is 1. The summed E-state index contributed by atoms with van der Waals surface area (Å²) in [4.78, 5) is 14.0. The van der Waals surface area contributed by atoms with Crippen LogP contribution in [-0.4, -0.2) is 69.4 Å². The molecule has 0 spiro atoms. The van der Waals surface area contributed by atoms with E-state index in [-0.39, 0.29) is 49.4 Å². The van der Waals surface area contributed by atoms with Crippen molar-refractivity contribution in [2.45, 2.75) is 63.8 Å². The van der Waals surface area contributed by atoms with Crippen LogP contribution in [0.1, 0.15) is 39.5 Å². The summed E-state index contributed by atoms with van der Waals surface area (Å²) >= 11 is 0. The molecular weight excluding hydrogens is 354 g/mol. The van der Waals surface area contributed by atoms with Gasteiger partial charge in [-0.3, -0.25) is 4.79 Å². The number of sulfonamides is 1. The van der Waals surface area contributed by atoms with Crippen molar-refractivity contribution in [3.05, 3.63) is 0 Å². The van der Waals surface area contributed by atoms with Gasteiger partial charge in [-0.05, 0) is 39.5 Å².